The molecule has 0 radical (unpaired) electrons. The van der Waals surface area contributed by atoms with Crippen LogP contribution in [0.5, 0.6) is 0 Å². The van der Waals surface area contributed by atoms with Crippen molar-refractivity contribution in [2.45, 2.75) is 81.0 Å². The molecule has 0 bridgehead atoms. The first-order valence-electron chi connectivity index (χ1n) is 10.7. The number of fused-ring (bicyclic) bond motifs is 1. The Bertz CT molecular complexity index is 917. The van der Waals surface area contributed by atoms with Gasteiger partial charge < -0.3 is 10.1 Å². The Balaban J connectivity index is 1.57. The summed E-state index contributed by atoms with van der Waals surface area (Å²) >= 11 is 1.36. The van der Waals surface area contributed by atoms with Gasteiger partial charge in [-0.25, -0.2) is 4.98 Å². The van der Waals surface area contributed by atoms with Crippen LogP contribution in [0.2, 0.25) is 0 Å². The zero-order chi connectivity index (χ0) is 20.2. The quantitative estimate of drug-likeness (QED) is 0.577. The molecule has 2 heterocycles. The molecule has 4 rings (SSSR count). The minimum absolute atomic E-state index is 0.0213. The highest BCUT2D eigenvalue weighted by molar-refractivity contribution is 8.00. The first-order chi connectivity index (χ1) is 14.1. The standard InChI is InChI=1S/C22H29N3O3S/c1-15(20(26)23-16-8-3-2-4-9-16)29-22-24-19-12-6-5-11-18(19)21(27)25(22)14-17-10-7-13-28-17/h5-6,11-12,15-17H,2-4,7-10,13-14H2,1H3,(H,23,26)/t15-,17-/m0/s1. The third-order valence-corrected chi connectivity index (χ3v) is 6.93. The van der Waals surface area contributed by atoms with Gasteiger partial charge in [-0.3, -0.25) is 14.2 Å². The second-order valence-electron chi connectivity index (χ2n) is 8.07. The number of nitrogens with one attached hydrogen (secondary N) is 1. The summed E-state index contributed by atoms with van der Waals surface area (Å²) in [5.41, 5.74) is 0.608. The number of carbonyl (C=O) groups is 1. The van der Waals surface area contributed by atoms with Gasteiger partial charge in [0.05, 0.1) is 28.8 Å². The maximum atomic E-state index is 13.2. The molecule has 1 amide bonds. The van der Waals surface area contributed by atoms with Gasteiger partial charge in [-0.15, -0.1) is 0 Å². The van der Waals surface area contributed by atoms with Crippen LogP contribution in [0.25, 0.3) is 10.9 Å². The van der Waals surface area contributed by atoms with Crippen molar-refractivity contribution in [1.82, 2.24) is 14.9 Å². The van der Waals surface area contributed by atoms with Crippen molar-refractivity contribution in [3.05, 3.63) is 34.6 Å². The number of amides is 1. The first kappa shape index (κ1) is 20.4. The molecule has 7 heteroatoms. The van der Waals surface area contributed by atoms with Crippen LogP contribution in [0.15, 0.2) is 34.2 Å². The monoisotopic (exact) mass is 415 g/mol. The maximum Gasteiger partial charge on any atom is 0.262 e. The number of rotatable bonds is 6. The number of benzene rings is 1. The summed E-state index contributed by atoms with van der Waals surface area (Å²) in [4.78, 5) is 30.6. The van der Waals surface area contributed by atoms with Gasteiger partial charge in [0, 0.05) is 12.6 Å². The fraction of sp³-hybridized carbons (Fsp3) is 0.591. The highest BCUT2D eigenvalue weighted by Crippen LogP contribution is 2.25. The highest BCUT2D eigenvalue weighted by atomic mass is 32.2. The molecule has 1 N–H and O–H groups in total. The second kappa shape index (κ2) is 9.30. The SMILES string of the molecule is C[C@H](Sc1nc2ccccc2c(=O)n1C[C@@H]1CCCO1)C(=O)NC1CCCCC1. The largest absolute Gasteiger partial charge is 0.376 e. The lowest BCUT2D eigenvalue weighted by Gasteiger charge is -2.24. The molecule has 29 heavy (non-hydrogen) atoms. The van der Waals surface area contributed by atoms with Crippen LogP contribution >= 0.6 is 11.8 Å². The predicted octanol–water partition coefficient (Wildman–Crippen LogP) is 3.51. The average molecular weight is 416 g/mol. The van der Waals surface area contributed by atoms with E-state index in [2.05, 4.69) is 5.32 Å². The van der Waals surface area contributed by atoms with Gasteiger partial charge in [-0.2, -0.15) is 0 Å². The second-order valence-corrected chi connectivity index (χ2v) is 9.37. The van der Waals surface area contributed by atoms with Crippen LogP contribution in [0.4, 0.5) is 0 Å². The van der Waals surface area contributed by atoms with Crippen molar-refractivity contribution in [2.24, 2.45) is 0 Å². The Morgan fingerprint density at radius 1 is 1.24 bits per heavy atom. The molecular formula is C22H29N3O3S. The number of nitrogens with zero attached hydrogens (tertiary/aromatic N) is 2. The number of thioether (sulfide) groups is 1. The molecule has 0 unspecified atom stereocenters. The van der Waals surface area contributed by atoms with Crippen LogP contribution in [0, 0.1) is 0 Å². The molecule has 1 saturated carbocycles. The van der Waals surface area contributed by atoms with E-state index in [1.165, 1.54) is 31.0 Å². The highest BCUT2D eigenvalue weighted by Gasteiger charge is 2.24. The van der Waals surface area contributed by atoms with E-state index in [4.69, 9.17) is 9.72 Å². The van der Waals surface area contributed by atoms with E-state index in [9.17, 15) is 9.59 Å². The minimum atomic E-state index is -0.319. The summed E-state index contributed by atoms with van der Waals surface area (Å²) in [6.45, 7) is 3.11. The van der Waals surface area contributed by atoms with Crippen LogP contribution in [0.3, 0.4) is 0 Å². The number of aromatic nitrogens is 2. The molecule has 2 atom stereocenters. The summed E-state index contributed by atoms with van der Waals surface area (Å²) < 4.78 is 7.46. The van der Waals surface area contributed by atoms with Gasteiger partial charge in [-0.1, -0.05) is 43.2 Å². The summed E-state index contributed by atoms with van der Waals surface area (Å²) in [6.07, 6.45) is 7.72. The average Bonchev–Trinajstić information content (AvgIpc) is 3.25. The first-order valence-corrected chi connectivity index (χ1v) is 11.6. The van der Waals surface area contributed by atoms with Gasteiger partial charge in [0.25, 0.3) is 5.56 Å². The molecule has 2 aliphatic rings. The Hall–Kier alpha value is -1.86. The number of hydrogen-bond acceptors (Lipinski definition) is 5. The molecule has 1 saturated heterocycles. The Morgan fingerprint density at radius 3 is 2.79 bits per heavy atom. The molecule has 156 valence electrons. The molecule has 1 aliphatic heterocycles. The molecular weight excluding hydrogens is 386 g/mol. The summed E-state index contributed by atoms with van der Waals surface area (Å²) in [5.74, 6) is 0.0213. The van der Waals surface area contributed by atoms with Crippen LogP contribution < -0.4 is 10.9 Å². The third kappa shape index (κ3) is 4.83. The summed E-state index contributed by atoms with van der Waals surface area (Å²) in [5, 5.41) is 4.06. The van der Waals surface area contributed by atoms with Crippen LogP contribution in [-0.2, 0) is 16.1 Å². The van der Waals surface area contributed by atoms with Crippen molar-refractivity contribution in [1.29, 1.82) is 0 Å². The number of hydrogen-bond donors (Lipinski definition) is 1. The molecule has 2 fully saturated rings. The lowest BCUT2D eigenvalue weighted by Crippen LogP contribution is -2.40. The summed E-state index contributed by atoms with van der Waals surface area (Å²) in [6, 6.07) is 7.67. The lowest BCUT2D eigenvalue weighted by molar-refractivity contribution is -0.121. The van der Waals surface area contributed by atoms with E-state index in [-0.39, 0.29) is 28.9 Å². The van der Waals surface area contributed by atoms with E-state index in [1.54, 1.807) is 4.57 Å². The summed E-state index contributed by atoms with van der Waals surface area (Å²) in [7, 11) is 0. The van der Waals surface area contributed by atoms with Crippen molar-refractivity contribution < 1.29 is 9.53 Å². The Labute approximate surface area is 175 Å². The third-order valence-electron chi connectivity index (χ3n) is 5.84. The smallest absolute Gasteiger partial charge is 0.262 e. The topological polar surface area (TPSA) is 73.2 Å². The van der Waals surface area contributed by atoms with Crippen molar-refractivity contribution in [3.63, 3.8) is 0 Å². The number of carbonyl (C=O) groups excluding carboxylic acids is 1. The maximum absolute atomic E-state index is 13.2. The van der Waals surface area contributed by atoms with Crippen molar-refractivity contribution in [2.75, 3.05) is 6.61 Å². The normalized spacial score (nSPS) is 21.3. The Kier molecular flexibility index (Phi) is 6.55. The fourth-order valence-electron chi connectivity index (χ4n) is 4.17. The molecule has 1 aromatic heterocycles. The van der Waals surface area contributed by atoms with E-state index in [0.29, 0.717) is 22.6 Å². The van der Waals surface area contributed by atoms with E-state index >= 15 is 0 Å². The van der Waals surface area contributed by atoms with Gasteiger partial charge in [0.1, 0.15) is 0 Å². The molecule has 6 nitrogen and oxygen atoms in total. The van der Waals surface area contributed by atoms with Gasteiger partial charge in [0.2, 0.25) is 5.91 Å². The zero-order valence-corrected chi connectivity index (χ0v) is 17.7. The predicted molar refractivity (Wildman–Crippen MR) is 115 cm³/mol. The van der Waals surface area contributed by atoms with Crippen molar-refractivity contribution >= 4 is 28.6 Å². The van der Waals surface area contributed by atoms with E-state index < -0.39 is 0 Å². The zero-order valence-electron chi connectivity index (χ0n) is 16.9. The fourth-order valence-corrected chi connectivity index (χ4v) is 5.09. The molecule has 0 spiro atoms. The van der Waals surface area contributed by atoms with Crippen LogP contribution in [0.1, 0.15) is 51.9 Å². The number of ether oxygens (including phenoxy) is 1. The minimum Gasteiger partial charge on any atom is -0.376 e. The number of para-hydroxylation sites is 1. The van der Waals surface area contributed by atoms with E-state index in [0.717, 1.165) is 32.3 Å². The van der Waals surface area contributed by atoms with Crippen molar-refractivity contribution in [3.8, 4) is 0 Å². The van der Waals surface area contributed by atoms with Gasteiger partial charge >= 0.3 is 0 Å². The lowest BCUT2D eigenvalue weighted by atomic mass is 9.95. The van der Waals surface area contributed by atoms with E-state index in [1.807, 2.05) is 31.2 Å². The Morgan fingerprint density at radius 2 is 2.03 bits per heavy atom. The molecule has 1 aliphatic carbocycles. The van der Waals surface area contributed by atoms with Gasteiger partial charge in [-0.05, 0) is 44.7 Å². The van der Waals surface area contributed by atoms with Crippen LogP contribution in [-0.4, -0.2) is 39.5 Å². The van der Waals surface area contributed by atoms with Gasteiger partial charge in [0.15, 0.2) is 5.16 Å². The molecule has 2 aromatic rings. The molecule has 1 aromatic carbocycles.